The van der Waals surface area contributed by atoms with Crippen LogP contribution in [0, 0.1) is 68.0 Å². The highest BCUT2D eigenvalue weighted by atomic mass is 19.1. The van der Waals surface area contributed by atoms with Crippen LogP contribution in [0.15, 0.2) is 23.3 Å². The fourth-order valence-corrected chi connectivity index (χ4v) is 14.4. The van der Waals surface area contributed by atoms with Crippen LogP contribution < -0.4 is 5.32 Å². The lowest BCUT2D eigenvalue weighted by Crippen LogP contribution is -2.66. The Balaban J connectivity index is 1.28. The van der Waals surface area contributed by atoms with Gasteiger partial charge in [-0.25, -0.2) is 4.39 Å². The van der Waals surface area contributed by atoms with Crippen molar-refractivity contribution in [3.8, 4) is 0 Å². The van der Waals surface area contributed by atoms with Crippen LogP contribution in [-0.2, 0) is 4.79 Å². The largest absolute Gasteiger partial charge is 0.481 e. The third-order valence-corrected chi connectivity index (χ3v) is 17.4. The lowest BCUT2D eigenvalue weighted by molar-refractivity contribution is -0.238. The second kappa shape index (κ2) is 13.0. The number of hydrogen-bond acceptors (Lipinski definition) is 4. The first kappa shape index (κ1) is 37.5. The standard InChI is InChI=1S/C43H71FN2O3/c1-28(2)30-14-21-43(35(47)26-45-24-25-46(8)9)23-22-40(6)32(36(30)43)10-11-34-39(5)17-15-31(38(3,4)33(39)16-18-41(34,40)7)29-12-19-42(27-44,20-13-29)37(48)49/h12,15,28,30,32-36,45,47H,10-11,13-14,16-27H2,1-9H3,(H,48,49)/t30-,32+,33-,34+,35+,36+,39-,40+,41+,42?,43+/m0/s1. The van der Waals surface area contributed by atoms with Crippen LogP contribution >= 0.6 is 0 Å². The summed E-state index contributed by atoms with van der Waals surface area (Å²) in [5, 5.41) is 25.5. The number of carboxylic acids is 1. The van der Waals surface area contributed by atoms with Crippen molar-refractivity contribution < 1.29 is 19.4 Å². The molecule has 49 heavy (non-hydrogen) atoms. The maximum absolute atomic E-state index is 14.0. The number of aliphatic carboxylic acids is 1. The van der Waals surface area contributed by atoms with Crippen molar-refractivity contribution in [2.75, 3.05) is 40.4 Å². The summed E-state index contributed by atoms with van der Waals surface area (Å²) in [5.41, 5.74) is 2.22. The number of likely N-dealkylation sites (N-methyl/N-ethyl adjacent to an activating group) is 1. The summed E-state index contributed by atoms with van der Waals surface area (Å²) in [4.78, 5) is 14.2. The molecule has 4 fully saturated rings. The number of nitrogens with one attached hydrogen (secondary N) is 1. The molecule has 0 aromatic carbocycles. The number of carbonyl (C=O) groups is 1. The van der Waals surface area contributed by atoms with Crippen LogP contribution in [-0.4, -0.2) is 67.6 Å². The second-order valence-electron chi connectivity index (χ2n) is 20.1. The number of aliphatic hydroxyl groups is 1. The van der Waals surface area contributed by atoms with Gasteiger partial charge in [-0.3, -0.25) is 4.79 Å². The maximum Gasteiger partial charge on any atom is 0.312 e. The predicted octanol–water partition coefficient (Wildman–Crippen LogP) is 8.92. The highest BCUT2D eigenvalue weighted by Gasteiger charge is 2.71. The van der Waals surface area contributed by atoms with E-state index in [2.05, 4.69) is 84.9 Å². The van der Waals surface area contributed by atoms with E-state index in [0.717, 1.165) is 25.9 Å². The monoisotopic (exact) mass is 683 g/mol. The van der Waals surface area contributed by atoms with Gasteiger partial charge < -0.3 is 20.4 Å². The van der Waals surface area contributed by atoms with Crippen molar-refractivity contribution in [1.82, 2.24) is 10.2 Å². The zero-order chi connectivity index (χ0) is 35.8. The van der Waals surface area contributed by atoms with Crippen LogP contribution in [0.25, 0.3) is 0 Å². The lowest BCUT2D eigenvalue weighted by Gasteiger charge is -2.72. The molecule has 0 aromatic rings. The van der Waals surface area contributed by atoms with Gasteiger partial charge in [-0.15, -0.1) is 0 Å². The number of alkyl halides is 1. The minimum Gasteiger partial charge on any atom is -0.481 e. The van der Waals surface area contributed by atoms with Gasteiger partial charge in [-0.1, -0.05) is 60.6 Å². The van der Waals surface area contributed by atoms with E-state index in [1.807, 2.05) is 0 Å². The molecule has 0 heterocycles. The van der Waals surface area contributed by atoms with Gasteiger partial charge in [0.2, 0.25) is 0 Å². The van der Waals surface area contributed by atoms with Crippen LogP contribution in [0.4, 0.5) is 4.39 Å². The molecule has 6 rings (SSSR count). The minimum absolute atomic E-state index is 0.00351. The second-order valence-corrected chi connectivity index (χ2v) is 20.1. The molecular weight excluding hydrogens is 611 g/mol. The first-order chi connectivity index (χ1) is 22.9. The number of allylic oxidation sites excluding steroid dienone is 4. The maximum atomic E-state index is 14.0. The molecule has 0 amide bonds. The predicted molar refractivity (Wildman–Crippen MR) is 198 cm³/mol. The van der Waals surface area contributed by atoms with E-state index in [1.165, 1.54) is 56.1 Å². The summed E-state index contributed by atoms with van der Waals surface area (Å²) in [6, 6.07) is 0. The van der Waals surface area contributed by atoms with Crippen molar-refractivity contribution in [3.63, 3.8) is 0 Å². The molecule has 0 aromatic heterocycles. The Morgan fingerprint density at radius 1 is 0.939 bits per heavy atom. The molecule has 6 heteroatoms. The average molecular weight is 683 g/mol. The Labute approximate surface area is 298 Å². The number of carboxylic acid groups (broad SMARTS) is 1. The highest BCUT2D eigenvalue weighted by molar-refractivity contribution is 5.75. The van der Waals surface area contributed by atoms with Crippen molar-refractivity contribution in [3.05, 3.63) is 23.3 Å². The number of halogens is 1. The number of hydrogen-bond donors (Lipinski definition) is 3. The van der Waals surface area contributed by atoms with E-state index in [1.54, 1.807) is 0 Å². The van der Waals surface area contributed by atoms with Crippen molar-refractivity contribution >= 4 is 5.97 Å². The first-order valence-electron chi connectivity index (χ1n) is 20.2. The van der Waals surface area contributed by atoms with Gasteiger partial charge in [0.15, 0.2) is 0 Å². The Morgan fingerprint density at radius 3 is 2.29 bits per heavy atom. The number of rotatable bonds is 10. The molecule has 3 N–H and O–H groups in total. The lowest BCUT2D eigenvalue weighted by atomic mass is 9.32. The van der Waals surface area contributed by atoms with E-state index in [9.17, 15) is 19.4 Å². The summed E-state index contributed by atoms with van der Waals surface area (Å²) in [5.74, 6) is 2.82. The van der Waals surface area contributed by atoms with Crippen LogP contribution in [0.2, 0.25) is 0 Å². The van der Waals surface area contributed by atoms with Gasteiger partial charge in [0.05, 0.1) is 11.5 Å². The zero-order valence-electron chi connectivity index (χ0n) is 32.6. The van der Waals surface area contributed by atoms with Gasteiger partial charge in [-0.2, -0.15) is 0 Å². The molecule has 278 valence electrons. The number of fused-ring (bicyclic) bond motifs is 7. The van der Waals surface area contributed by atoms with E-state index in [0.29, 0.717) is 61.3 Å². The van der Waals surface area contributed by atoms with Crippen LogP contribution in [0.5, 0.6) is 0 Å². The van der Waals surface area contributed by atoms with Gasteiger partial charge in [0.25, 0.3) is 0 Å². The molecule has 6 aliphatic rings. The van der Waals surface area contributed by atoms with Crippen LogP contribution in [0.3, 0.4) is 0 Å². The van der Waals surface area contributed by atoms with Crippen LogP contribution in [0.1, 0.15) is 126 Å². The minimum atomic E-state index is -1.25. The zero-order valence-corrected chi connectivity index (χ0v) is 32.6. The smallest absolute Gasteiger partial charge is 0.312 e. The fourth-order valence-electron chi connectivity index (χ4n) is 14.4. The SMILES string of the molecule is CC(C)[C@@H]1CC[C@]2([C@H](O)CNCCN(C)C)CC[C@]3(C)[C@H](CC[C@@H]4[C@@]5(C)CC=C(C6=CCC(CF)(C(=O)O)CC6)C(C)(C)[C@@H]5CC[C@]43C)[C@@H]12. The molecule has 0 spiro atoms. The van der Waals surface area contributed by atoms with Gasteiger partial charge in [-0.05, 0) is 159 Å². The molecule has 0 bridgehead atoms. The molecule has 1 unspecified atom stereocenters. The van der Waals surface area contributed by atoms with E-state index in [-0.39, 0.29) is 33.2 Å². The molecular formula is C43H71FN2O3. The molecule has 0 saturated heterocycles. The summed E-state index contributed by atoms with van der Waals surface area (Å²) in [7, 11) is 4.23. The summed E-state index contributed by atoms with van der Waals surface area (Å²) < 4.78 is 14.0. The fraction of sp³-hybridized carbons (Fsp3) is 0.884. The molecule has 11 atom stereocenters. The molecule has 5 nitrogen and oxygen atoms in total. The van der Waals surface area contributed by atoms with Gasteiger partial charge in [0, 0.05) is 25.0 Å². The number of aliphatic hydroxyl groups excluding tert-OH is 1. The third kappa shape index (κ3) is 5.56. The summed E-state index contributed by atoms with van der Waals surface area (Å²) >= 11 is 0. The number of nitrogens with zero attached hydrogens (tertiary/aromatic N) is 1. The highest BCUT2D eigenvalue weighted by Crippen LogP contribution is 2.78. The van der Waals surface area contributed by atoms with Crippen molar-refractivity contribution in [2.24, 2.45) is 68.0 Å². The van der Waals surface area contributed by atoms with E-state index < -0.39 is 18.1 Å². The molecule has 0 radical (unpaired) electrons. The summed E-state index contributed by atoms with van der Waals surface area (Å²) in [6.07, 6.45) is 16.7. The van der Waals surface area contributed by atoms with E-state index >= 15 is 0 Å². The van der Waals surface area contributed by atoms with Gasteiger partial charge >= 0.3 is 5.97 Å². The van der Waals surface area contributed by atoms with Crippen molar-refractivity contribution in [2.45, 2.75) is 132 Å². The van der Waals surface area contributed by atoms with Crippen molar-refractivity contribution in [1.29, 1.82) is 0 Å². The normalized spacial score (nSPS) is 45.1. The molecule has 0 aliphatic heterocycles. The average Bonchev–Trinajstić information content (AvgIpc) is 3.44. The molecule has 6 aliphatic carbocycles. The van der Waals surface area contributed by atoms with Gasteiger partial charge in [0.1, 0.15) is 6.67 Å². The Bertz CT molecular complexity index is 1320. The summed E-state index contributed by atoms with van der Waals surface area (Å²) in [6.45, 7) is 19.7. The Hall–Kier alpha value is -1.24. The molecule has 4 saturated carbocycles. The quantitative estimate of drug-likeness (QED) is 0.201. The topological polar surface area (TPSA) is 72.8 Å². The Morgan fingerprint density at radius 2 is 1.67 bits per heavy atom. The first-order valence-corrected chi connectivity index (χ1v) is 20.2. The van der Waals surface area contributed by atoms with E-state index in [4.69, 9.17) is 0 Å². The Kier molecular flexibility index (Phi) is 9.96. The third-order valence-electron chi connectivity index (χ3n) is 17.4.